The Morgan fingerprint density at radius 3 is 2.43 bits per heavy atom. The molecule has 1 aromatic carbocycles. The van der Waals surface area contributed by atoms with Crippen LogP contribution in [0, 0.1) is 0 Å². The summed E-state index contributed by atoms with van der Waals surface area (Å²) < 4.78 is 6.43. The first-order valence-electron chi connectivity index (χ1n) is 7.14. The number of amides is 1. The molecule has 0 saturated heterocycles. The lowest BCUT2D eigenvalue weighted by Gasteiger charge is -2.18. The van der Waals surface area contributed by atoms with Crippen LogP contribution in [0.3, 0.4) is 0 Å². The Hall–Kier alpha value is -2.83. The van der Waals surface area contributed by atoms with Crippen LogP contribution in [0.2, 0.25) is 0 Å². The molecule has 0 bridgehead atoms. The number of carbonyl (C=O) groups excluding carboxylic acids is 1. The maximum absolute atomic E-state index is 12.3. The van der Waals surface area contributed by atoms with Gasteiger partial charge >= 0.3 is 5.97 Å². The monoisotopic (exact) mass is 317 g/mol. The second-order valence-electron chi connectivity index (χ2n) is 5.19. The van der Waals surface area contributed by atoms with Crippen molar-refractivity contribution in [3.8, 4) is 5.75 Å². The van der Waals surface area contributed by atoms with Gasteiger partial charge in [-0.2, -0.15) is 5.10 Å². The van der Waals surface area contributed by atoms with E-state index in [2.05, 4.69) is 10.4 Å². The van der Waals surface area contributed by atoms with E-state index in [1.165, 1.54) is 17.1 Å². The highest BCUT2D eigenvalue weighted by atomic mass is 16.5. The number of ether oxygens (including phenoxy) is 1. The number of carbonyl (C=O) groups is 2. The predicted molar refractivity (Wildman–Crippen MR) is 83.4 cm³/mol. The molecular weight excluding hydrogens is 298 g/mol. The van der Waals surface area contributed by atoms with Crippen molar-refractivity contribution in [2.75, 3.05) is 7.11 Å². The molecule has 2 unspecified atom stereocenters. The molecule has 2 aromatic rings. The van der Waals surface area contributed by atoms with Crippen molar-refractivity contribution in [3.63, 3.8) is 0 Å². The topological polar surface area (TPSA) is 93.5 Å². The van der Waals surface area contributed by atoms with Crippen LogP contribution < -0.4 is 10.1 Å². The van der Waals surface area contributed by atoms with Gasteiger partial charge in [0, 0.05) is 6.20 Å². The number of aromatic nitrogens is 2. The van der Waals surface area contributed by atoms with Crippen LogP contribution in [0.15, 0.2) is 36.7 Å². The van der Waals surface area contributed by atoms with E-state index in [1.807, 2.05) is 31.2 Å². The zero-order chi connectivity index (χ0) is 17.0. The minimum atomic E-state index is -1.07. The van der Waals surface area contributed by atoms with Crippen molar-refractivity contribution in [2.24, 2.45) is 0 Å². The van der Waals surface area contributed by atoms with Crippen LogP contribution in [0.4, 0.5) is 0 Å². The number of aromatic carboxylic acids is 1. The van der Waals surface area contributed by atoms with Crippen LogP contribution in [-0.2, 0) is 4.79 Å². The number of carboxylic acids is 1. The van der Waals surface area contributed by atoms with Crippen LogP contribution in [0.5, 0.6) is 5.75 Å². The number of hydrogen-bond acceptors (Lipinski definition) is 4. The van der Waals surface area contributed by atoms with Crippen LogP contribution in [0.25, 0.3) is 0 Å². The number of benzene rings is 1. The molecule has 0 aliphatic carbocycles. The summed E-state index contributed by atoms with van der Waals surface area (Å²) in [6.45, 7) is 3.53. The highest BCUT2D eigenvalue weighted by Gasteiger charge is 2.19. The third kappa shape index (κ3) is 3.88. The molecule has 0 spiro atoms. The van der Waals surface area contributed by atoms with Gasteiger partial charge in [-0.1, -0.05) is 12.1 Å². The van der Waals surface area contributed by atoms with Gasteiger partial charge in [0.2, 0.25) is 5.91 Å². The summed E-state index contributed by atoms with van der Waals surface area (Å²) in [6, 6.07) is 6.62. The molecule has 0 fully saturated rings. The second kappa shape index (κ2) is 6.95. The number of hydrogen-bond donors (Lipinski definition) is 2. The minimum absolute atomic E-state index is 0.0489. The van der Waals surface area contributed by atoms with Crippen molar-refractivity contribution in [3.05, 3.63) is 47.8 Å². The predicted octanol–water partition coefficient (Wildman–Crippen LogP) is 2.03. The quantitative estimate of drug-likeness (QED) is 0.850. The Kier molecular flexibility index (Phi) is 5.00. The maximum atomic E-state index is 12.3. The van der Waals surface area contributed by atoms with Gasteiger partial charge in [-0.3, -0.25) is 9.48 Å². The first-order valence-corrected chi connectivity index (χ1v) is 7.14. The summed E-state index contributed by atoms with van der Waals surface area (Å²) >= 11 is 0. The van der Waals surface area contributed by atoms with E-state index >= 15 is 0 Å². The van der Waals surface area contributed by atoms with Crippen LogP contribution >= 0.6 is 0 Å². The summed E-state index contributed by atoms with van der Waals surface area (Å²) in [5, 5.41) is 15.7. The van der Waals surface area contributed by atoms with Gasteiger partial charge in [0.1, 0.15) is 11.8 Å². The number of nitrogens with one attached hydrogen (secondary N) is 1. The van der Waals surface area contributed by atoms with Gasteiger partial charge in [-0.05, 0) is 31.5 Å². The zero-order valence-electron chi connectivity index (χ0n) is 13.2. The van der Waals surface area contributed by atoms with Crippen LogP contribution in [-0.4, -0.2) is 33.9 Å². The zero-order valence-corrected chi connectivity index (χ0v) is 13.2. The standard InChI is InChI=1S/C16H19N3O4/c1-10(12-4-6-14(23-3)7-5-12)18-15(20)11(2)19-9-13(8-17-19)16(21)22/h4-11H,1-3H3,(H,18,20)(H,21,22). The van der Waals surface area contributed by atoms with E-state index in [1.54, 1.807) is 14.0 Å². The van der Waals surface area contributed by atoms with Gasteiger partial charge in [0.25, 0.3) is 0 Å². The Balaban J connectivity index is 2.02. The fourth-order valence-electron chi connectivity index (χ4n) is 2.09. The highest BCUT2D eigenvalue weighted by molar-refractivity contribution is 5.87. The molecule has 122 valence electrons. The maximum Gasteiger partial charge on any atom is 0.338 e. The molecule has 0 saturated carbocycles. The lowest BCUT2D eigenvalue weighted by atomic mass is 10.1. The lowest BCUT2D eigenvalue weighted by molar-refractivity contribution is -0.124. The molecule has 0 aliphatic rings. The SMILES string of the molecule is COc1ccc(C(C)NC(=O)C(C)n2cc(C(=O)O)cn2)cc1. The molecule has 2 rings (SSSR count). The molecule has 1 aromatic heterocycles. The van der Waals surface area contributed by atoms with Crippen molar-refractivity contribution in [1.29, 1.82) is 0 Å². The Morgan fingerprint density at radius 2 is 1.91 bits per heavy atom. The first-order chi connectivity index (χ1) is 10.9. The third-order valence-corrected chi connectivity index (χ3v) is 3.60. The van der Waals surface area contributed by atoms with Crippen molar-refractivity contribution >= 4 is 11.9 Å². The van der Waals surface area contributed by atoms with E-state index in [9.17, 15) is 9.59 Å². The van der Waals surface area contributed by atoms with Gasteiger partial charge in [-0.15, -0.1) is 0 Å². The number of nitrogens with zero attached hydrogens (tertiary/aromatic N) is 2. The first kappa shape index (κ1) is 16.5. The van der Waals surface area contributed by atoms with E-state index in [0.717, 1.165) is 11.3 Å². The van der Waals surface area contributed by atoms with E-state index < -0.39 is 12.0 Å². The summed E-state index contributed by atoms with van der Waals surface area (Å²) in [6.07, 6.45) is 2.56. The summed E-state index contributed by atoms with van der Waals surface area (Å²) in [7, 11) is 1.59. The Bertz CT molecular complexity index is 694. The average molecular weight is 317 g/mol. The second-order valence-corrected chi connectivity index (χ2v) is 5.19. The molecular formula is C16H19N3O4. The van der Waals surface area contributed by atoms with Gasteiger partial charge in [0.15, 0.2) is 0 Å². The third-order valence-electron chi connectivity index (χ3n) is 3.60. The fourth-order valence-corrected chi connectivity index (χ4v) is 2.09. The molecule has 7 nitrogen and oxygen atoms in total. The summed E-state index contributed by atoms with van der Waals surface area (Å²) in [5.74, 6) is -0.567. The highest BCUT2D eigenvalue weighted by Crippen LogP contribution is 2.18. The smallest absolute Gasteiger partial charge is 0.338 e. The Labute approximate surface area is 133 Å². The largest absolute Gasteiger partial charge is 0.497 e. The van der Waals surface area contributed by atoms with E-state index in [-0.39, 0.29) is 17.5 Å². The lowest BCUT2D eigenvalue weighted by Crippen LogP contribution is -2.33. The number of rotatable bonds is 6. The molecule has 2 N–H and O–H groups in total. The molecule has 1 amide bonds. The molecule has 0 aliphatic heterocycles. The van der Waals surface area contributed by atoms with Gasteiger partial charge in [0.05, 0.1) is 24.9 Å². The molecule has 23 heavy (non-hydrogen) atoms. The summed E-state index contributed by atoms with van der Waals surface area (Å²) in [4.78, 5) is 23.1. The number of methoxy groups -OCH3 is 1. The van der Waals surface area contributed by atoms with E-state index in [0.29, 0.717) is 0 Å². The van der Waals surface area contributed by atoms with Crippen molar-refractivity contribution in [1.82, 2.24) is 15.1 Å². The molecule has 1 heterocycles. The molecule has 7 heteroatoms. The number of carboxylic acid groups (broad SMARTS) is 1. The van der Waals surface area contributed by atoms with Gasteiger partial charge in [-0.25, -0.2) is 4.79 Å². The molecule has 2 atom stereocenters. The Morgan fingerprint density at radius 1 is 1.26 bits per heavy atom. The minimum Gasteiger partial charge on any atom is -0.497 e. The normalized spacial score (nSPS) is 13.2. The van der Waals surface area contributed by atoms with Gasteiger partial charge < -0.3 is 15.2 Å². The summed E-state index contributed by atoms with van der Waals surface area (Å²) in [5.41, 5.74) is 0.992. The molecule has 0 radical (unpaired) electrons. The van der Waals surface area contributed by atoms with Crippen molar-refractivity contribution < 1.29 is 19.4 Å². The fraction of sp³-hybridized carbons (Fsp3) is 0.312. The van der Waals surface area contributed by atoms with Crippen molar-refractivity contribution in [2.45, 2.75) is 25.9 Å². The van der Waals surface area contributed by atoms with Crippen LogP contribution in [0.1, 0.15) is 41.9 Å². The average Bonchev–Trinajstić information content (AvgIpc) is 3.04. The van der Waals surface area contributed by atoms with E-state index in [4.69, 9.17) is 9.84 Å².